The van der Waals surface area contributed by atoms with E-state index in [9.17, 15) is 4.79 Å². The molecule has 0 spiro atoms. The Hall–Kier alpha value is -0.860. The lowest BCUT2D eigenvalue weighted by molar-refractivity contribution is -0.121. The number of carbonyl (C=O) groups is 1. The molecular weight excluding hydrogens is 212 g/mol. The lowest BCUT2D eigenvalue weighted by Crippen LogP contribution is -2.17. The molecule has 0 aliphatic rings. The molecule has 0 atom stereocenters. The SMILES string of the molecule is CCCCCCCCCCC(=O)NN=C(C)C. The molecule has 0 saturated heterocycles. The van der Waals surface area contributed by atoms with Gasteiger partial charge in [0.25, 0.3) is 0 Å². The van der Waals surface area contributed by atoms with Crippen molar-refractivity contribution in [3.8, 4) is 0 Å². The van der Waals surface area contributed by atoms with Crippen molar-refractivity contribution in [2.24, 2.45) is 5.10 Å². The van der Waals surface area contributed by atoms with Crippen LogP contribution in [0.5, 0.6) is 0 Å². The first-order chi connectivity index (χ1) is 8.16. The molecule has 0 aromatic heterocycles. The van der Waals surface area contributed by atoms with Gasteiger partial charge in [0.15, 0.2) is 0 Å². The number of amides is 1. The van der Waals surface area contributed by atoms with Gasteiger partial charge in [0.05, 0.1) is 0 Å². The summed E-state index contributed by atoms with van der Waals surface area (Å²) in [6.07, 6.45) is 10.7. The van der Waals surface area contributed by atoms with Crippen LogP contribution in [0.2, 0.25) is 0 Å². The molecule has 0 saturated carbocycles. The molecule has 0 unspecified atom stereocenters. The first-order valence-corrected chi connectivity index (χ1v) is 6.96. The van der Waals surface area contributed by atoms with E-state index in [2.05, 4.69) is 17.5 Å². The van der Waals surface area contributed by atoms with Gasteiger partial charge in [-0.3, -0.25) is 4.79 Å². The summed E-state index contributed by atoms with van der Waals surface area (Å²) in [7, 11) is 0. The van der Waals surface area contributed by atoms with E-state index in [0.717, 1.165) is 18.6 Å². The number of nitrogens with zero attached hydrogens (tertiary/aromatic N) is 1. The fourth-order valence-electron chi connectivity index (χ4n) is 1.65. The zero-order valence-electron chi connectivity index (χ0n) is 11.7. The minimum atomic E-state index is 0.0391. The summed E-state index contributed by atoms with van der Waals surface area (Å²) in [4.78, 5) is 11.3. The van der Waals surface area contributed by atoms with Crippen molar-refractivity contribution in [3.63, 3.8) is 0 Å². The molecule has 0 rings (SSSR count). The smallest absolute Gasteiger partial charge is 0.240 e. The Bertz CT molecular complexity index is 220. The van der Waals surface area contributed by atoms with Crippen molar-refractivity contribution in [3.05, 3.63) is 0 Å². The third-order valence-corrected chi connectivity index (χ3v) is 2.66. The third-order valence-electron chi connectivity index (χ3n) is 2.66. The monoisotopic (exact) mass is 240 g/mol. The van der Waals surface area contributed by atoms with E-state index in [-0.39, 0.29) is 5.91 Å². The number of hydrazone groups is 1. The molecule has 3 nitrogen and oxygen atoms in total. The van der Waals surface area contributed by atoms with Crippen molar-refractivity contribution in [1.82, 2.24) is 5.43 Å². The molecule has 100 valence electrons. The first kappa shape index (κ1) is 16.1. The highest BCUT2D eigenvalue weighted by Crippen LogP contribution is 2.09. The van der Waals surface area contributed by atoms with Crippen LogP contribution in [0.3, 0.4) is 0 Å². The fourth-order valence-corrected chi connectivity index (χ4v) is 1.65. The predicted octanol–water partition coefficient (Wildman–Crippen LogP) is 4.03. The summed E-state index contributed by atoms with van der Waals surface area (Å²) in [6.45, 7) is 5.98. The second-order valence-corrected chi connectivity index (χ2v) is 4.82. The first-order valence-electron chi connectivity index (χ1n) is 6.96. The van der Waals surface area contributed by atoms with E-state index in [1.807, 2.05) is 13.8 Å². The summed E-state index contributed by atoms with van der Waals surface area (Å²) in [6, 6.07) is 0. The van der Waals surface area contributed by atoms with Gasteiger partial charge in [-0.25, -0.2) is 5.43 Å². The molecule has 0 aromatic rings. The second kappa shape index (κ2) is 11.6. The standard InChI is InChI=1S/C14H28N2O/c1-4-5-6-7-8-9-10-11-12-14(17)16-15-13(2)3/h4-12H2,1-3H3,(H,16,17). The number of rotatable bonds is 10. The molecule has 0 heterocycles. The number of hydrogen-bond donors (Lipinski definition) is 1. The van der Waals surface area contributed by atoms with Crippen LogP contribution in [0.1, 0.15) is 78.6 Å². The lowest BCUT2D eigenvalue weighted by Gasteiger charge is -2.02. The van der Waals surface area contributed by atoms with E-state index >= 15 is 0 Å². The third kappa shape index (κ3) is 13.1. The zero-order valence-corrected chi connectivity index (χ0v) is 11.7. The van der Waals surface area contributed by atoms with Gasteiger partial charge in [-0.05, 0) is 20.3 Å². The quantitative estimate of drug-likeness (QED) is 0.349. The Morgan fingerprint density at radius 3 is 2.00 bits per heavy atom. The lowest BCUT2D eigenvalue weighted by atomic mass is 10.1. The van der Waals surface area contributed by atoms with Crippen LogP contribution in [-0.4, -0.2) is 11.6 Å². The maximum absolute atomic E-state index is 11.3. The van der Waals surface area contributed by atoms with Crippen LogP contribution < -0.4 is 5.43 Å². The minimum Gasteiger partial charge on any atom is -0.273 e. The molecule has 3 heteroatoms. The Morgan fingerprint density at radius 1 is 0.941 bits per heavy atom. The van der Waals surface area contributed by atoms with E-state index in [1.54, 1.807) is 0 Å². The molecule has 0 fully saturated rings. The van der Waals surface area contributed by atoms with Gasteiger partial charge in [0.1, 0.15) is 0 Å². The number of nitrogens with one attached hydrogen (secondary N) is 1. The number of unbranched alkanes of at least 4 members (excludes halogenated alkanes) is 7. The van der Waals surface area contributed by atoms with Crippen molar-refractivity contribution >= 4 is 11.6 Å². The molecule has 0 radical (unpaired) electrons. The van der Waals surface area contributed by atoms with Crippen LogP contribution >= 0.6 is 0 Å². The molecule has 17 heavy (non-hydrogen) atoms. The summed E-state index contributed by atoms with van der Waals surface area (Å²) in [5.41, 5.74) is 3.43. The highest BCUT2D eigenvalue weighted by Gasteiger charge is 1.99. The van der Waals surface area contributed by atoms with Gasteiger partial charge in [-0.15, -0.1) is 0 Å². The normalized spacial score (nSPS) is 10.1. The Kier molecular flexibility index (Phi) is 11.0. The molecule has 0 aromatic carbocycles. The van der Waals surface area contributed by atoms with E-state index < -0.39 is 0 Å². The molecule has 1 amide bonds. The summed E-state index contributed by atoms with van der Waals surface area (Å²) in [5, 5.41) is 3.89. The van der Waals surface area contributed by atoms with Crippen molar-refractivity contribution in [2.45, 2.75) is 78.6 Å². The number of hydrogen-bond acceptors (Lipinski definition) is 2. The predicted molar refractivity (Wildman–Crippen MR) is 74.2 cm³/mol. The largest absolute Gasteiger partial charge is 0.273 e. The molecular formula is C14H28N2O. The van der Waals surface area contributed by atoms with Gasteiger partial charge in [-0.2, -0.15) is 5.10 Å². The van der Waals surface area contributed by atoms with Gasteiger partial charge in [0.2, 0.25) is 5.91 Å². The molecule has 0 aliphatic heterocycles. The van der Waals surface area contributed by atoms with Crippen molar-refractivity contribution < 1.29 is 4.79 Å². The summed E-state index contributed by atoms with van der Waals surface area (Å²) >= 11 is 0. The maximum Gasteiger partial charge on any atom is 0.240 e. The average molecular weight is 240 g/mol. The van der Waals surface area contributed by atoms with Crippen LogP contribution in [0.15, 0.2) is 5.10 Å². The molecule has 0 aliphatic carbocycles. The molecule has 1 N–H and O–H groups in total. The van der Waals surface area contributed by atoms with Gasteiger partial charge in [0, 0.05) is 12.1 Å². The van der Waals surface area contributed by atoms with Crippen LogP contribution in [0, 0.1) is 0 Å². The van der Waals surface area contributed by atoms with E-state index in [1.165, 1.54) is 38.5 Å². The van der Waals surface area contributed by atoms with E-state index in [0.29, 0.717) is 6.42 Å². The van der Waals surface area contributed by atoms with Crippen LogP contribution in [0.4, 0.5) is 0 Å². The van der Waals surface area contributed by atoms with Crippen LogP contribution in [0.25, 0.3) is 0 Å². The van der Waals surface area contributed by atoms with Crippen molar-refractivity contribution in [1.29, 1.82) is 0 Å². The van der Waals surface area contributed by atoms with Gasteiger partial charge >= 0.3 is 0 Å². The van der Waals surface area contributed by atoms with Crippen LogP contribution in [-0.2, 0) is 4.79 Å². The zero-order chi connectivity index (χ0) is 12.9. The number of carbonyl (C=O) groups excluding carboxylic acids is 1. The average Bonchev–Trinajstić information content (AvgIpc) is 2.30. The molecule has 0 bridgehead atoms. The minimum absolute atomic E-state index is 0.0391. The highest BCUT2D eigenvalue weighted by atomic mass is 16.2. The highest BCUT2D eigenvalue weighted by molar-refractivity contribution is 5.82. The second-order valence-electron chi connectivity index (χ2n) is 4.82. The Balaban J connectivity index is 3.22. The summed E-state index contributed by atoms with van der Waals surface area (Å²) < 4.78 is 0. The van der Waals surface area contributed by atoms with E-state index in [4.69, 9.17) is 0 Å². The Labute approximate surface area is 106 Å². The maximum atomic E-state index is 11.3. The van der Waals surface area contributed by atoms with Gasteiger partial charge in [-0.1, -0.05) is 51.9 Å². The van der Waals surface area contributed by atoms with Crippen molar-refractivity contribution in [2.75, 3.05) is 0 Å². The topological polar surface area (TPSA) is 41.5 Å². The van der Waals surface area contributed by atoms with Gasteiger partial charge < -0.3 is 0 Å². The fraction of sp³-hybridized carbons (Fsp3) is 0.857. The summed E-state index contributed by atoms with van der Waals surface area (Å²) in [5.74, 6) is 0.0391. The Morgan fingerprint density at radius 2 is 1.47 bits per heavy atom.